The number of nitrogens with zero attached hydrogens (tertiary/aromatic N) is 2. The molecule has 0 unspecified atom stereocenters. The van der Waals surface area contributed by atoms with E-state index in [1.165, 1.54) is 4.31 Å². The maximum atomic E-state index is 13.7. The Bertz CT molecular complexity index is 617. The highest BCUT2D eigenvalue weighted by Gasteiger charge is 2.30. The zero-order valence-electron chi connectivity index (χ0n) is 12.9. The van der Waals surface area contributed by atoms with E-state index in [4.69, 9.17) is 5.11 Å². The summed E-state index contributed by atoms with van der Waals surface area (Å²) < 4.78 is 53.0. The largest absolute Gasteiger partial charge is 0.396 e. The van der Waals surface area contributed by atoms with Gasteiger partial charge >= 0.3 is 0 Å². The third kappa shape index (κ3) is 4.69. The SMILES string of the molecule is O=S(=O)(c1cc(F)ccc1F)N1CCN(CCCCCO)CC1. The fourth-order valence-corrected chi connectivity index (χ4v) is 4.13. The Morgan fingerprint density at radius 1 is 1.04 bits per heavy atom. The second kappa shape index (κ2) is 8.14. The molecule has 1 aromatic rings. The summed E-state index contributed by atoms with van der Waals surface area (Å²) in [6, 6.07) is 2.46. The molecule has 0 atom stereocenters. The average molecular weight is 348 g/mol. The van der Waals surface area contributed by atoms with Gasteiger partial charge in [0.05, 0.1) is 0 Å². The zero-order chi connectivity index (χ0) is 16.9. The quantitative estimate of drug-likeness (QED) is 0.758. The molecule has 0 bridgehead atoms. The summed E-state index contributed by atoms with van der Waals surface area (Å²) >= 11 is 0. The summed E-state index contributed by atoms with van der Waals surface area (Å²) in [7, 11) is -4.01. The summed E-state index contributed by atoms with van der Waals surface area (Å²) in [5, 5.41) is 8.73. The number of hydrogen-bond acceptors (Lipinski definition) is 4. The maximum absolute atomic E-state index is 13.7. The Morgan fingerprint density at radius 2 is 1.74 bits per heavy atom. The molecule has 0 aliphatic carbocycles. The molecule has 0 aromatic heterocycles. The number of rotatable bonds is 7. The van der Waals surface area contributed by atoms with Crippen molar-refractivity contribution in [2.24, 2.45) is 0 Å². The lowest BCUT2D eigenvalue weighted by Crippen LogP contribution is -2.48. The Balaban J connectivity index is 1.95. The van der Waals surface area contributed by atoms with Crippen LogP contribution in [0.1, 0.15) is 19.3 Å². The van der Waals surface area contributed by atoms with Gasteiger partial charge in [0.15, 0.2) is 0 Å². The average Bonchev–Trinajstić information content (AvgIpc) is 2.54. The van der Waals surface area contributed by atoms with Crippen molar-refractivity contribution in [2.75, 3.05) is 39.3 Å². The van der Waals surface area contributed by atoms with Crippen LogP contribution in [-0.2, 0) is 10.0 Å². The number of unbranched alkanes of at least 4 members (excludes halogenated alkanes) is 2. The van der Waals surface area contributed by atoms with Crippen LogP contribution in [0.3, 0.4) is 0 Å². The molecule has 130 valence electrons. The van der Waals surface area contributed by atoms with Gasteiger partial charge in [-0.1, -0.05) is 0 Å². The van der Waals surface area contributed by atoms with Gasteiger partial charge in [-0.3, -0.25) is 0 Å². The van der Waals surface area contributed by atoms with E-state index < -0.39 is 26.6 Å². The van der Waals surface area contributed by atoms with Crippen molar-refractivity contribution < 1.29 is 22.3 Å². The van der Waals surface area contributed by atoms with Gasteiger partial charge in [0.25, 0.3) is 0 Å². The van der Waals surface area contributed by atoms with Crippen LogP contribution in [0.4, 0.5) is 8.78 Å². The lowest BCUT2D eigenvalue weighted by atomic mass is 10.2. The van der Waals surface area contributed by atoms with Crippen LogP contribution in [0.25, 0.3) is 0 Å². The monoisotopic (exact) mass is 348 g/mol. The topological polar surface area (TPSA) is 60.9 Å². The Kier molecular flexibility index (Phi) is 6.46. The highest BCUT2D eigenvalue weighted by atomic mass is 32.2. The van der Waals surface area contributed by atoms with Crippen molar-refractivity contribution in [1.29, 1.82) is 0 Å². The first-order valence-corrected chi connectivity index (χ1v) is 9.17. The summed E-state index contributed by atoms with van der Waals surface area (Å²) in [4.78, 5) is 1.54. The summed E-state index contributed by atoms with van der Waals surface area (Å²) in [6.45, 7) is 2.69. The van der Waals surface area contributed by atoms with Crippen LogP contribution >= 0.6 is 0 Å². The van der Waals surface area contributed by atoms with Crippen LogP contribution in [0, 0.1) is 11.6 Å². The number of piperazine rings is 1. The van der Waals surface area contributed by atoms with E-state index >= 15 is 0 Å². The van der Waals surface area contributed by atoms with E-state index in [2.05, 4.69) is 4.90 Å². The van der Waals surface area contributed by atoms with Gasteiger partial charge in [-0.05, 0) is 44.0 Å². The van der Waals surface area contributed by atoms with E-state index in [1.807, 2.05) is 0 Å². The third-order valence-corrected chi connectivity index (χ3v) is 5.89. The predicted molar refractivity (Wildman–Crippen MR) is 82.5 cm³/mol. The van der Waals surface area contributed by atoms with Crippen LogP contribution in [0.5, 0.6) is 0 Å². The molecule has 0 spiro atoms. The van der Waals surface area contributed by atoms with E-state index in [1.54, 1.807) is 0 Å². The summed E-state index contributed by atoms with van der Waals surface area (Å²) in [5.74, 6) is -1.70. The standard InChI is InChI=1S/C15H22F2N2O3S/c16-13-4-5-14(17)15(12-13)23(21,22)19-9-7-18(8-10-19)6-2-1-3-11-20/h4-5,12,20H,1-3,6-11H2. The van der Waals surface area contributed by atoms with Crippen molar-refractivity contribution in [3.05, 3.63) is 29.8 Å². The molecule has 8 heteroatoms. The first kappa shape index (κ1) is 18.3. The number of benzene rings is 1. The van der Waals surface area contributed by atoms with Crippen molar-refractivity contribution in [1.82, 2.24) is 9.21 Å². The van der Waals surface area contributed by atoms with Crippen LogP contribution < -0.4 is 0 Å². The van der Waals surface area contributed by atoms with Crippen molar-refractivity contribution >= 4 is 10.0 Å². The van der Waals surface area contributed by atoms with Crippen LogP contribution in [-0.4, -0.2) is 62.1 Å². The lowest BCUT2D eigenvalue weighted by molar-refractivity contribution is 0.183. The van der Waals surface area contributed by atoms with Gasteiger partial charge in [-0.25, -0.2) is 17.2 Å². The molecule has 2 rings (SSSR count). The van der Waals surface area contributed by atoms with Crippen molar-refractivity contribution in [3.8, 4) is 0 Å². The molecule has 1 aliphatic rings. The molecule has 5 nitrogen and oxygen atoms in total. The van der Waals surface area contributed by atoms with Crippen molar-refractivity contribution in [2.45, 2.75) is 24.2 Å². The van der Waals surface area contributed by atoms with E-state index in [9.17, 15) is 17.2 Å². The minimum Gasteiger partial charge on any atom is -0.396 e. The lowest BCUT2D eigenvalue weighted by Gasteiger charge is -2.34. The predicted octanol–water partition coefficient (Wildman–Crippen LogP) is 1.43. The molecule has 0 amide bonds. The molecule has 1 aliphatic heterocycles. The van der Waals surface area contributed by atoms with Gasteiger partial charge in [0.1, 0.15) is 16.5 Å². The molecule has 1 aromatic carbocycles. The van der Waals surface area contributed by atoms with Crippen LogP contribution in [0.2, 0.25) is 0 Å². The molecule has 0 saturated carbocycles. The van der Waals surface area contributed by atoms with Gasteiger partial charge in [-0.2, -0.15) is 4.31 Å². The van der Waals surface area contributed by atoms with E-state index in [0.29, 0.717) is 13.1 Å². The van der Waals surface area contributed by atoms with E-state index in [-0.39, 0.29) is 19.7 Å². The molecule has 0 radical (unpaired) electrons. The molecule has 1 N–H and O–H groups in total. The maximum Gasteiger partial charge on any atom is 0.246 e. The Hall–Kier alpha value is -1.09. The van der Waals surface area contributed by atoms with Crippen LogP contribution in [0.15, 0.2) is 23.1 Å². The molecule has 1 saturated heterocycles. The minimum atomic E-state index is -4.01. The summed E-state index contributed by atoms with van der Waals surface area (Å²) in [5.41, 5.74) is 0. The number of halogens is 2. The Morgan fingerprint density at radius 3 is 2.39 bits per heavy atom. The molecular weight excluding hydrogens is 326 g/mol. The zero-order valence-corrected chi connectivity index (χ0v) is 13.7. The second-order valence-corrected chi connectivity index (χ2v) is 7.51. The summed E-state index contributed by atoms with van der Waals surface area (Å²) in [6.07, 6.45) is 2.66. The number of aliphatic hydroxyl groups is 1. The highest BCUT2D eigenvalue weighted by Crippen LogP contribution is 2.21. The smallest absolute Gasteiger partial charge is 0.246 e. The fraction of sp³-hybridized carbons (Fsp3) is 0.600. The van der Waals surface area contributed by atoms with Crippen molar-refractivity contribution in [3.63, 3.8) is 0 Å². The van der Waals surface area contributed by atoms with Gasteiger partial charge in [0, 0.05) is 32.8 Å². The molecular formula is C15H22F2N2O3S. The number of sulfonamides is 1. The van der Waals surface area contributed by atoms with Gasteiger partial charge in [-0.15, -0.1) is 0 Å². The minimum absolute atomic E-state index is 0.186. The Labute approximate surface area is 135 Å². The van der Waals surface area contributed by atoms with Gasteiger partial charge in [0.2, 0.25) is 10.0 Å². The molecule has 1 fully saturated rings. The van der Waals surface area contributed by atoms with E-state index in [0.717, 1.165) is 44.0 Å². The number of aliphatic hydroxyl groups excluding tert-OH is 1. The van der Waals surface area contributed by atoms with Gasteiger partial charge < -0.3 is 10.0 Å². The third-order valence-electron chi connectivity index (χ3n) is 3.97. The fourth-order valence-electron chi connectivity index (χ4n) is 2.63. The molecule has 1 heterocycles. The first-order chi connectivity index (χ1) is 10.9. The second-order valence-electron chi connectivity index (χ2n) is 5.60. The first-order valence-electron chi connectivity index (χ1n) is 7.73. The highest BCUT2D eigenvalue weighted by molar-refractivity contribution is 7.89. The molecule has 23 heavy (non-hydrogen) atoms. The number of hydrogen-bond donors (Lipinski definition) is 1. The normalized spacial score (nSPS) is 17.5.